The first kappa shape index (κ1) is 25.2. The molecule has 1 atom stereocenters. The smallest absolute Gasteiger partial charge is 0.233 e. The number of methoxy groups -OCH3 is 1. The highest BCUT2D eigenvalue weighted by molar-refractivity contribution is 8.13. The molecule has 1 aliphatic carbocycles. The van der Waals surface area contributed by atoms with Gasteiger partial charge in [-0.15, -0.1) is 0 Å². The summed E-state index contributed by atoms with van der Waals surface area (Å²) in [5.41, 5.74) is 2.15. The van der Waals surface area contributed by atoms with Gasteiger partial charge in [-0.25, -0.2) is 0 Å². The van der Waals surface area contributed by atoms with Gasteiger partial charge in [0.05, 0.1) is 12.4 Å². The predicted octanol–water partition coefficient (Wildman–Crippen LogP) is 3.82. The van der Waals surface area contributed by atoms with E-state index in [1.54, 1.807) is 38.3 Å². The van der Waals surface area contributed by atoms with Crippen LogP contribution < -0.4 is 5.32 Å². The maximum Gasteiger partial charge on any atom is 0.233 e. The maximum atomic E-state index is 12.4. The molecule has 1 amide bonds. The number of allylic oxidation sites excluding steroid dienone is 9. The molecule has 0 aliphatic heterocycles. The zero-order valence-corrected chi connectivity index (χ0v) is 18.7. The molecule has 0 aromatic heterocycles. The minimum Gasteiger partial charge on any atom is -0.496 e. The highest BCUT2D eigenvalue weighted by Crippen LogP contribution is 2.22. The molecule has 0 saturated carbocycles. The van der Waals surface area contributed by atoms with Gasteiger partial charge >= 0.3 is 0 Å². The topological polar surface area (TPSA) is 81.7 Å². The number of nitrogens with one attached hydrogen (secondary N) is 1. The van der Waals surface area contributed by atoms with Crippen LogP contribution in [0.5, 0.6) is 0 Å². The number of ether oxygens (including phenoxy) is 2. The minimum absolute atomic E-state index is 0.114. The Morgan fingerprint density at radius 2 is 2.07 bits per heavy atom. The van der Waals surface area contributed by atoms with Crippen molar-refractivity contribution in [2.24, 2.45) is 0 Å². The molecule has 6 nitrogen and oxygen atoms in total. The van der Waals surface area contributed by atoms with Gasteiger partial charge in [-0.1, -0.05) is 47.7 Å². The van der Waals surface area contributed by atoms with Crippen molar-refractivity contribution >= 4 is 29.1 Å². The van der Waals surface area contributed by atoms with Crippen molar-refractivity contribution in [1.29, 1.82) is 0 Å². The highest BCUT2D eigenvalue weighted by Gasteiger charge is 2.19. The third-order valence-corrected chi connectivity index (χ3v) is 5.10. The molecule has 0 spiro atoms. The average molecular weight is 432 g/mol. The first-order valence-corrected chi connectivity index (χ1v) is 10.5. The fourth-order valence-corrected chi connectivity index (χ4v) is 3.25. The molecule has 1 unspecified atom stereocenters. The van der Waals surface area contributed by atoms with Crippen molar-refractivity contribution in [3.05, 3.63) is 71.3 Å². The van der Waals surface area contributed by atoms with Crippen LogP contribution in [0.3, 0.4) is 0 Å². The summed E-state index contributed by atoms with van der Waals surface area (Å²) in [7, 11) is 3.07. The number of rotatable bonds is 12. The summed E-state index contributed by atoms with van der Waals surface area (Å²) in [4.78, 5) is 35.1. The summed E-state index contributed by atoms with van der Waals surface area (Å²) in [6, 6.07) is 0. The third-order valence-electron chi connectivity index (χ3n) is 4.28. The van der Waals surface area contributed by atoms with Crippen LogP contribution in [0, 0.1) is 0 Å². The van der Waals surface area contributed by atoms with Crippen LogP contribution in [-0.4, -0.2) is 43.3 Å². The normalized spacial score (nSPS) is 15.7. The molecule has 0 radical (unpaired) electrons. The Morgan fingerprint density at radius 1 is 1.30 bits per heavy atom. The summed E-state index contributed by atoms with van der Waals surface area (Å²) in [5, 5.41) is 2.10. The zero-order chi connectivity index (χ0) is 22.4. The van der Waals surface area contributed by atoms with E-state index in [1.807, 2.05) is 31.2 Å². The van der Waals surface area contributed by atoms with Gasteiger partial charge in [0.2, 0.25) is 5.91 Å². The van der Waals surface area contributed by atoms with Crippen LogP contribution in [0.4, 0.5) is 0 Å². The van der Waals surface area contributed by atoms with E-state index in [9.17, 15) is 14.4 Å². The quantitative estimate of drug-likeness (QED) is 0.219. The van der Waals surface area contributed by atoms with Crippen molar-refractivity contribution in [2.75, 3.05) is 20.8 Å². The summed E-state index contributed by atoms with van der Waals surface area (Å²) in [6.07, 6.45) is 15.7. The van der Waals surface area contributed by atoms with Crippen molar-refractivity contribution in [2.45, 2.75) is 31.9 Å². The van der Waals surface area contributed by atoms with Gasteiger partial charge in [0.1, 0.15) is 11.5 Å². The number of ketones is 1. The van der Waals surface area contributed by atoms with Crippen LogP contribution in [0.25, 0.3) is 0 Å². The van der Waals surface area contributed by atoms with Crippen LogP contribution in [0.15, 0.2) is 71.3 Å². The first-order chi connectivity index (χ1) is 14.5. The Kier molecular flexibility index (Phi) is 12.0. The Bertz CT molecular complexity index is 802. The van der Waals surface area contributed by atoms with Gasteiger partial charge in [-0.05, 0) is 44.9 Å². The zero-order valence-electron chi connectivity index (χ0n) is 17.8. The van der Waals surface area contributed by atoms with Gasteiger partial charge in [-0.3, -0.25) is 14.4 Å². The number of hydrogen-bond acceptors (Lipinski definition) is 6. The lowest BCUT2D eigenvalue weighted by molar-refractivity contribution is -0.120. The molecule has 1 N–H and O–H groups in total. The van der Waals surface area contributed by atoms with E-state index in [2.05, 4.69) is 5.32 Å². The lowest BCUT2D eigenvalue weighted by atomic mass is 10.1. The molecule has 7 heteroatoms. The Morgan fingerprint density at radius 3 is 2.70 bits per heavy atom. The van der Waals surface area contributed by atoms with Crippen LogP contribution in [0.1, 0.15) is 26.7 Å². The van der Waals surface area contributed by atoms with Crippen LogP contribution >= 0.6 is 11.8 Å². The van der Waals surface area contributed by atoms with E-state index in [0.29, 0.717) is 35.6 Å². The van der Waals surface area contributed by atoms with Gasteiger partial charge in [0.15, 0.2) is 18.0 Å². The summed E-state index contributed by atoms with van der Waals surface area (Å²) >= 11 is 0.959. The van der Waals surface area contributed by atoms with E-state index in [4.69, 9.17) is 9.47 Å². The highest BCUT2D eigenvalue weighted by atomic mass is 32.2. The Labute approximate surface area is 182 Å². The van der Waals surface area contributed by atoms with Crippen molar-refractivity contribution in [3.8, 4) is 0 Å². The summed E-state index contributed by atoms with van der Waals surface area (Å²) < 4.78 is 10.9. The van der Waals surface area contributed by atoms with E-state index in [0.717, 1.165) is 17.3 Å². The monoisotopic (exact) mass is 431 g/mol. The van der Waals surface area contributed by atoms with Gasteiger partial charge in [0.25, 0.3) is 0 Å². The number of amides is 1. The largest absolute Gasteiger partial charge is 0.496 e. The third kappa shape index (κ3) is 8.69. The van der Waals surface area contributed by atoms with Crippen LogP contribution in [-0.2, 0) is 23.9 Å². The maximum absolute atomic E-state index is 12.4. The van der Waals surface area contributed by atoms with Crippen LogP contribution in [0.2, 0.25) is 0 Å². The summed E-state index contributed by atoms with van der Waals surface area (Å²) in [5.74, 6) is 0.671. The van der Waals surface area contributed by atoms with Crippen molar-refractivity contribution in [1.82, 2.24) is 5.32 Å². The number of thioether (sulfide) groups is 1. The molecule has 0 heterocycles. The number of Topliss-reactive ketones (excluding diaryl/α,β-unsaturated/α-hetero) is 1. The number of carbonyl (C=O) groups excluding carboxylic acids is 3. The van der Waals surface area contributed by atoms with Gasteiger partial charge < -0.3 is 14.8 Å². The predicted molar refractivity (Wildman–Crippen MR) is 121 cm³/mol. The fourth-order valence-electron chi connectivity index (χ4n) is 2.56. The van der Waals surface area contributed by atoms with E-state index in [1.165, 1.54) is 7.11 Å². The molecular weight excluding hydrogens is 402 g/mol. The Hall–Kier alpha value is -2.80. The standard InChI is InChI=1S/C23H29NO5S/c1-5-6-7-11-21(28-4)17(2)20(26)15-29-19-10-8-9-18(12-13-19)14-22(30-16-25)23(27)24-3/h5-8,10-13,16,22H,9,14-15H2,1-4H3,(H,24,27)/b6-5-,11-7-,21-17-. The lowest BCUT2D eigenvalue weighted by Crippen LogP contribution is -2.30. The van der Waals surface area contributed by atoms with E-state index in [-0.39, 0.29) is 18.3 Å². The minimum atomic E-state index is -0.472. The molecule has 1 rings (SSSR count). The molecule has 0 fully saturated rings. The van der Waals surface area contributed by atoms with Gasteiger partial charge in [0, 0.05) is 12.6 Å². The molecule has 0 aromatic rings. The van der Waals surface area contributed by atoms with E-state index < -0.39 is 5.25 Å². The molecule has 0 saturated heterocycles. The molecule has 0 aromatic carbocycles. The molecular formula is C23H29NO5S. The van der Waals surface area contributed by atoms with Crippen molar-refractivity contribution in [3.63, 3.8) is 0 Å². The fraction of sp³-hybridized carbons (Fsp3) is 0.348. The molecule has 1 aliphatic rings. The average Bonchev–Trinajstić information content (AvgIpc) is 2.98. The Balaban J connectivity index is 2.79. The SMILES string of the molecule is C\C=C/C=C\C(OC)=C(/C)C(=O)COC1=CC=C(CC(SC=O)C(=O)NC)CC=C1. The molecule has 162 valence electrons. The second kappa shape index (κ2) is 14.2. The van der Waals surface area contributed by atoms with Crippen molar-refractivity contribution < 1.29 is 23.9 Å². The van der Waals surface area contributed by atoms with E-state index >= 15 is 0 Å². The second-order valence-corrected chi connectivity index (χ2v) is 7.36. The molecule has 30 heavy (non-hydrogen) atoms. The number of carbonyl (C=O) groups is 3. The lowest BCUT2D eigenvalue weighted by Gasteiger charge is -2.13. The van der Waals surface area contributed by atoms with Gasteiger partial charge in [-0.2, -0.15) is 0 Å². The first-order valence-electron chi connectivity index (χ1n) is 9.54. The second-order valence-electron chi connectivity index (χ2n) is 6.33. The summed E-state index contributed by atoms with van der Waals surface area (Å²) in [6.45, 7) is 3.49. The number of hydrogen-bond donors (Lipinski definition) is 1. The molecule has 0 bridgehead atoms.